The molecule has 0 unspecified atom stereocenters. The maximum absolute atomic E-state index is 14.5. The van der Waals surface area contributed by atoms with Crippen molar-refractivity contribution in [2.45, 2.75) is 94.9 Å². The highest BCUT2D eigenvalue weighted by Gasteiger charge is 2.49. The van der Waals surface area contributed by atoms with Crippen LogP contribution in [0.5, 0.6) is 5.75 Å². The highest BCUT2D eigenvalue weighted by atomic mass is 35.5. The van der Waals surface area contributed by atoms with E-state index in [-0.39, 0.29) is 23.4 Å². The lowest BCUT2D eigenvalue weighted by atomic mass is 9.63. The van der Waals surface area contributed by atoms with Gasteiger partial charge in [-0.05, 0) is 118 Å². The minimum Gasteiger partial charge on any atom is -0.487 e. The van der Waals surface area contributed by atoms with Gasteiger partial charge in [0.2, 0.25) is 10.0 Å². The van der Waals surface area contributed by atoms with E-state index in [1.54, 1.807) is 25.1 Å². The fourth-order valence-corrected chi connectivity index (χ4v) is 10.8. The number of hydrogen-bond acceptors (Lipinski definition) is 8. The molecular weight excluding hydrogens is 715 g/mol. The molecule has 2 saturated heterocycles. The number of benzene rings is 2. The first kappa shape index (κ1) is 38.6. The molecule has 1 amide bonds. The van der Waals surface area contributed by atoms with Crippen LogP contribution in [-0.4, -0.2) is 100 Å². The van der Waals surface area contributed by atoms with Crippen LogP contribution in [0.25, 0.3) is 0 Å². The quantitative estimate of drug-likeness (QED) is 0.348. The summed E-state index contributed by atoms with van der Waals surface area (Å²) in [5, 5.41) is -0.1000. The zero-order valence-corrected chi connectivity index (χ0v) is 33.0. The van der Waals surface area contributed by atoms with Crippen molar-refractivity contribution in [2.75, 3.05) is 57.8 Å². The average molecular weight is 771 g/mol. The molecule has 0 aromatic heterocycles. The minimum atomic E-state index is -3.98. The molecule has 12 heteroatoms. The van der Waals surface area contributed by atoms with Gasteiger partial charge in [0.1, 0.15) is 24.1 Å². The number of sulfonamides is 1. The highest BCUT2D eigenvalue weighted by molar-refractivity contribution is 7.90. The molecule has 2 aromatic rings. The highest BCUT2D eigenvalue weighted by Crippen LogP contribution is 2.47. The van der Waals surface area contributed by atoms with Crippen molar-refractivity contribution in [3.8, 4) is 5.75 Å². The van der Waals surface area contributed by atoms with Gasteiger partial charge in [0, 0.05) is 69.6 Å². The third-order valence-electron chi connectivity index (χ3n) is 13.0. The van der Waals surface area contributed by atoms with Crippen molar-refractivity contribution >= 4 is 33.2 Å². The molecule has 9 nitrogen and oxygen atoms in total. The Balaban J connectivity index is 1.24. The van der Waals surface area contributed by atoms with Crippen LogP contribution in [0.2, 0.25) is 5.02 Å². The number of halogens is 2. The number of carbonyl (C=O) groups excluding carboxylic acids is 1. The molecule has 4 heterocycles. The monoisotopic (exact) mass is 770 g/mol. The Labute approximate surface area is 320 Å². The number of alkyl halides is 1. The van der Waals surface area contributed by atoms with Crippen LogP contribution in [-0.2, 0) is 27.8 Å². The van der Waals surface area contributed by atoms with Gasteiger partial charge in [0.05, 0.1) is 10.9 Å². The number of fused-ring (bicyclic) bond motifs is 4. The van der Waals surface area contributed by atoms with E-state index in [1.807, 2.05) is 32.2 Å². The molecule has 290 valence electrons. The number of anilines is 1. The number of hydrogen-bond donors (Lipinski definition) is 1. The van der Waals surface area contributed by atoms with E-state index < -0.39 is 33.0 Å². The molecule has 1 aliphatic carbocycles. The average Bonchev–Trinajstić information content (AvgIpc) is 3.15. The molecule has 5 aliphatic rings. The van der Waals surface area contributed by atoms with Gasteiger partial charge in [0.15, 0.2) is 0 Å². The van der Waals surface area contributed by atoms with Crippen LogP contribution in [0.15, 0.2) is 48.6 Å². The molecule has 7 rings (SSSR count). The molecule has 2 aromatic carbocycles. The number of amides is 1. The molecule has 53 heavy (non-hydrogen) atoms. The van der Waals surface area contributed by atoms with E-state index in [4.69, 9.17) is 21.1 Å². The Hall–Kier alpha value is -2.70. The first-order valence-corrected chi connectivity index (χ1v) is 21.6. The zero-order valence-electron chi connectivity index (χ0n) is 31.4. The predicted molar refractivity (Wildman–Crippen MR) is 208 cm³/mol. The second kappa shape index (κ2) is 16.2. The molecule has 4 aliphatic heterocycles. The number of ether oxygens (including phenoxy) is 2. The van der Waals surface area contributed by atoms with Gasteiger partial charge < -0.3 is 14.4 Å². The second-order valence-corrected chi connectivity index (χ2v) is 18.7. The number of nitrogens with one attached hydrogen (secondary N) is 1. The summed E-state index contributed by atoms with van der Waals surface area (Å²) in [6, 6.07) is 11.4. The second-order valence-electron chi connectivity index (χ2n) is 16.2. The molecule has 0 radical (unpaired) electrons. The van der Waals surface area contributed by atoms with Gasteiger partial charge >= 0.3 is 0 Å². The molecular formula is C41H56ClFN4O5S. The molecule has 0 spiro atoms. The lowest BCUT2D eigenvalue weighted by Crippen LogP contribution is -2.61. The van der Waals surface area contributed by atoms with Crippen molar-refractivity contribution in [3.63, 3.8) is 0 Å². The maximum Gasteiger partial charge on any atom is 0.264 e. The Morgan fingerprint density at radius 2 is 1.87 bits per heavy atom. The fourth-order valence-electron chi connectivity index (χ4n) is 9.32. The molecule has 1 N–H and O–H groups in total. The van der Waals surface area contributed by atoms with Crippen molar-refractivity contribution in [3.05, 3.63) is 70.3 Å². The first-order chi connectivity index (χ1) is 25.4. The van der Waals surface area contributed by atoms with Gasteiger partial charge in [-0.1, -0.05) is 36.7 Å². The maximum atomic E-state index is 14.5. The third-order valence-corrected chi connectivity index (χ3v) is 15.1. The van der Waals surface area contributed by atoms with E-state index in [0.29, 0.717) is 49.1 Å². The minimum absolute atomic E-state index is 0.209. The van der Waals surface area contributed by atoms with E-state index in [9.17, 15) is 17.6 Å². The van der Waals surface area contributed by atoms with Gasteiger partial charge in [-0.2, -0.15) is 0 Å². The Morgan fingerprint density at radius 3 is 2.66 bits per heavy atom. The molecule has 3 fully saturated rings. The zero-order chi connectivity index (χ0) is 37.3. The summed E-state index contributed by atoms with van der Waals surface area (Å²) in [4.78, 5) is 20.9. The molecule has 1 saturated carbocycles. The van der Waals surface area contributed by atoms with Crippen LogP contribution in [0.4, 0.5) is 10.1 Å². The fraction of sp³-hybridized carbons (Fsp3) is 0.634. The Kier molecular flexibility index (Phi) is 11.8. The summed E-state index contributed by atoms with van der Waals surface area (Å²) >= 11 is 6.40. The third kappa shape index (κ3) is 8.44. The number of carbonyl (C=O) groups is 1. The number of piperidine rings is 1. The normalized spacial score (nSPS) is 33.5. The number of methoxy groups -OCH3 is 1. The van der Waals surface area contributed by atoms with Crippen LogP contribution in [0.1, 0.15) is 80.3 Å². The van der Waals surface area contributed by atoms with Gasteiger partial charge in [0.25, 0.3) is 5.91 Å². The smallest absolute Gasteiger partial charge is 0.264 e. The molecule has 2 bridgehead atoms. The summed E-state index contributed by atoms with van der Waals surface area (Å²) < 4.78 is 57.3. The van der Waals surface area contributed by atoms with Gasteiger partial charge in [-0.15, -0.1) is 0 Å². The summed E-state index contributed by atoms with van der Waals surface area (Å²) in [6.45, 7) is 9.59. The van der Waals surface area contributed by atoms with E-state index in [2.05, 4.69) is 31.6 Å². The van der Waals surface area contributed by atoms with Crippen LogP contribution < -0.4 is 14.4 Å². The molecule has 7 atom stereocenters. The SMILES string of the molecule is CO[C@]1(CN2CCN3CC[C@H](F)C[C@H]3C2)/C=C/C[C@H](C)[C@@H](C)S(=O)(=O)NC(=O)c2ccc3c(c2)N(CCCCc2cc(Cl)ccc2CO3)C[C@@H]2CC[C@H]21. The lowest BCUT2D eigenvalue weighted by Gasteiger charge is -2.53. The van der Waals surface area contributed by atoms with Crippen molar-refractivity contribution < 1.29 is 27.1 Å². The number of rotatable bonds is 3. The topological polar surface area (TPSA) is 91.4 Å². The summed E-state index contributed by atoms with van der Waals surface area (Å²) in [5.41, 5.74) is 2.72. The van der Waals surface area contributed by atoms with Crippen molar-refractivity contribution in [1.29, 1.82) is 0 Å². The number of nitrogens with zero attached hydrogens (tertiary/aromatic N) is 3. The van der Waals surface area contributed by atoms with Crippen LogP contribution in [0, 0.1) is 17.8 Å². The number of allylic oxidation sites excluding steroid dienone is 1. The summed E-state index contributed by atoms with van der Waals surface area (Å²) in [5.74, 6) is 0.285. The summed E-state index contributed by atoms with van der Waals surface area (Å²) in [7, 11) is -2.17. The van der Waals surface area contributed by atoms with E-state index in [0.717, 1.165) is 82.6 Å². The van der Waals surface area contributed by atoms with Gasteiger partial charge in [-0.3, -0.25) is 14.6 Å². The van der Waals surface area contributed by atoms with Crippen molar-refractivity contribution in [1.82, 2.24) is 14.5 Å². The largest absolute Gasteiger partial charge is 0.487 e. The first-order valence-electron chi connectivity index (χ1n) is 19.6. The predicted octanol–water partition coefficient (Wildman–Crippen LogP) is 6.64. The number of aryl methyl sites for hydroxylation is 1. The van der Waals surface area contributed by atoms with E-state index in [1.165, 1.54) is 5.56 Å². The Morgan fingerprint density at radius 1 is 1.02 bits per heavy atom. The van der Waals surface area contributed by atoms with Crippen LogP contribution in [0.3, 0.4) is 0 Å². The van der Waals surface area contributed by atoms with E-state index >= 15 is 0 Å². The Bertz CT molecular complexity index is 1780. The summed E-state index contributed by atoms with van der Waals surface area (Å²) in [6.07, 6.45) is 10.1. The standard InChI is InChI=1S/C41H56ClFN4O5S/c1-28-7-6-16-41(51-3,27-45-19-20-46-18-15-35(43)23-36(46)25-45)37-13-10-32(37)24-47-17-5-4-8-30-21-34(42)12-9-33(30)26-52-39-14-11-31(22-38(39)47)40(48)44-53(49,50)29(28)2/h6,9,11-12,14,16,21-22,28-29,32,35-37H,4-5,7-8,10,13,15,17-20,23-27H2,1-3H3,(H,44,48)/b16-6+/t28-,29+,32-,35-,36-,37+,41-/m0/s1. The van der Waals surface area contributed by atoms with Crippen molar-refractivity contribution in [2.24, 2.45) is 17.8 Å². The lowest BCUT2D eigenvalue weighted by molar-refractivity contribution is -0.101. The number of piperazine rings is 1. The van der Waals surface area contributed by atoms with Gasteiger partial charge in [-0.25, -0.2) is 17.5 Å². The van der Waals surface area contributed by atoms with Crippen LogP contribution >= 0.6 is 11.6 Å².